The van der Waals surface area contributed by atoms with Gasteiger partial charge in [0.25, 0.3) is 0 Å². The Kier molecular flexibility index (Phi) is 7.04. The molecule has 0 aliphatic heterocycles. The second-order valence-electron chi connectivity index (χ2n) is 5.76. The maximum Gasteiger partial charge on any atom is 0.237 e. The second kappa shape index (κ2) is 8.06. The third-order valence-corrected chi connectivity index (χ3v) is 4.65. The van der Waals surface area contributed by atoms with E-state index in [2.05, 4.69) is 36.5 Å². The number of thioether (sulfide) groups is 1. The van der Waals surface area contributed by atoms with E-state index in [0.717, 1.165) is 31.4 Å². The van der Waals surface area contributed by atoms with E-state index in [9.17, 15) is 4.79 Å². The van der Waals surface area contributed by atoms with Gasteiger partial charge in [-0.2, -0.15) is 11.8 Å². The van der Waals surface area contributed by atoms with Gasteiger partial charge in [-0.3, -0.25) is 4.79 Å². The highest BCUT2D eigenvalue weighted by Gasteiger charge is 2.44. The van der Waals surface area contributed by atoms with Crippen LogP contribution in [0.15, 0.2) is 24.3 Å². The Bertz CT molecular complexity index is 477. The van der Waals surface area contributed by atoms with Gasteiger partial charge in [-0.25, -0.2) is 0 Å². The van der Waals surface area contributed by atoms with Crippen LogP contribution in [0.25, 0.3) is 0 Å². The molecule has 0 bridgehead atoms. The number of amides is 1. The van der Waals surface area contributed by atoms with Gasteiger partial charge in [0.15, 0.2) is 0 Å². The van der Waals surface area contributed by atoms with Gasteiger partial charge < -0.3 is 11.1 Å². The first-order valence-electron chi connectivity index (χ1n) is 7.17. The minimum Gasteiger partial charge on any atom is -0.349 e. The van der Waals surface area contributed by atoms with Gasteiger partial charge in [0.1, 0.15) is 0 Å². The van der Waals surface area contributed by atoms with Gasteiger partial charge in [-0.05, 0) is 55.7 Å². The van der Waals surface area contributed by atoms with Gasteiger partial charge in [0.05, 0.1) is 6.04 Å². The maximum absolute atomic E-state index is 12.1. The van der Waals surface area contributed by atoms with Crippen LogP contribution in [0.2, 0.25) is 0 Å². The smallest absolute Gasteiger partial charge is 0.237 e. The van der Waals surface area contributed by atoms with Gasteiger partial charge >= 0.3 is 0 Å². The molecule has 118 valence electrons. The molecule has 0 saturated heterocycles. The molecule has 21 heavy (non-hydrogen) atoms. The molecule has 1 atom stereocenters. The molecule has 0 spiro atoms. The minimum atomic E-state index is -0.378. The van der Waals surface area contributed by atoms with Crippen LogP contribution in [0.5, 0.6) is 0 Å². The van der Waals surface area contributed by atoms with Crippen LogP contribution in [-0.2, 0) is 11.2 Å². The molecule has 0 radical (unpaired) electrons. The number of nitrogens with two attached hydrogens (primary N) is 1. The molecule has 0 aromatic heterocycles. The van der Waals surface area contributed by atoms with Crippen molar-refractivity contribution in [2.75, 3.05) is 12.0 Å². The summed E-state index contributed by atoms with van der Waals surface area (Å²) in [5.74, 6) is 0.935. The van der Waals surface area contributed by atoms with Crippen molar-refractivity contribution in [1.29, 1.82) is 0 Å². The van der Waals surface area contributed by atoms with Crippen LogP contribution < -0.4 is 11.1 Å². The normalized spacial score (nSPS) is 16.7. The first-order valence-corrected chi connectivity index (χ1v) is 8.57. The van der Waals surface area contributed by atoms with Gasteiger partial charge in [-0.15, -0.1) is 12.4 Å². The molecule has 1 aromatic carbocycles. The van der Waals surface area contributed by atoms with E-state index in [1.165, 1.54) is 11.1 Å². The maximum atomic E-state index is 12.1. The van der Waals surface area contributed by atoms with E-state index in [1.807, 2.05) is 6.26 Å². The highest BCUT2D eigenvalue weighted by Crippen LogP contribution is 2.39. The molecule has 0 heterocycles. The number of halogens is 1. The number of nitrogens with one attached hydrogen (secondary N) is 1. The Morgan fingerprint density at radius 2 is 2.10 bits per heavy atom. The third-order valence-electron chi connectivity index (χ3n) is 4.00. The monoisotopic (exact) mass is 328 g/mol. The molecule has 1 aliphatic carbocycles. The Hall–Kier alpha value is -0.710. The number of hydrogen-bond donors (Lipinski definition) is 2. The predicted octanol–water partition coefficient (Wildman–Crippen LogP) is 2.69. The molecular formula is C16H25ClN2OS. The van der Waals surface area contributed by atoms with Gasteiger partial charge in [0.2, 0.25) is 5.91 Å². The van der Waals surface area contributed by atoms with Crippen LogP contribution in [-0.4, -0.2) is 29.5 Å². The first kappa shape index (κ1) is 18.3. The number of hydrogen-bond acceptors (Lipinski definition) is 3. The molecule has 2 rings (SSSR count). The fourth-order valence-electron chi connectivity index (χ4n) is 2.40. The molecule has 3 N–H and O–H groups in total. The van der Waals surface area contributed by atoms with Crippen LogP contribution in [0.4, 0.5) is 0 Å². The summed E-state index contributed by atoms with van der Waals surface area (Å²) in [4.78, 5) is 12.1. The summed E-state index contributed by atoms with van der Waals surface area (Å²) in [7, 11) is 0. The lowest BCUT2D eigenvalue weighted by Gasteiger charge is -2.21. The van der Waals surface area contributed by atoms with E-state index in [1.54, 1.807) is 11.8 Å². The van der Waals surface area contributed by atoms with Crippen molar-refractivity contribution in [3.05, 3.63) is 35.4 Å². The Morgan fingerprint density at radius 1 is 1.43 bits per heavy atom. The summed E-state index contributed by atoms with van der Waals surface area (Å²) in [6.07, 6.45) is 5.81. The zero-order valence-electron chi connectivity index (χ0n) is 12.7. The number of rotatable bonds is 7. The van der Waals surface area contributed by atoms with Crippen molar-refractivity contribution in [3.8, 4) is 0 Å². The summed E-state index contributed by atoms with van der Waals surface area (Å²) in [6, 6.07) is 8.00. The minimum absolute atomic E-state index is 0. The summed E-state index contributed by atoms with van der Waals surface area (Å²) >= 11 is 1.73. The van der Waals surface area contributed by atoms with E-state index in [0.29, 0.717) is 0 Å². The van der Waals surface area contributed by atoms with E-state index < -0.39 is 0 Å². The Morgan fingerprint density at radius 3 is 2.67 bits per heavy atom. The summed E-state index contributed by atoms with van der Waals surface area (Å²) in [6.45, 7) is 2.12. The largest absolute Gasteiger partial charge is 0.349 e. The van der Waals surface area contributed by atoms with E-state index in [4.69, 9.17) is 5.73 Å². The average molecular weight is 329 g/mol. The SMILES string of the molecule is CSCC[C@H](N)C(=O)NC1(Cc2ccccc2C)CC1.Cl. The van der Waals surface area contributed by atoms with Crippen LogP contribution in [0, 0.1) is 6.92 Å². The quantitative estimate of drug-likeness (QED) is 0.809. The van der Waals surface area contributed by atoms with Crippen molar-refractivity contribution in [2.45, 2.75) is 44.2 Å². The molecule has 3 nitrogen and oxygen atoms in total. The molecule has 5 heteroatoms. The molecule has 1 aliphatic rings. The van der Waals surface area contributed by atoms with Crippen LogP contribution in [0.3, 0.4) is 0 Å². The number of benzene rings is 1. The zero-order valence-corrected chi connectivity index (χ0v) is 14.4. The van der Waals surface area contributed by atoms with Crippen molar-refractivity contribution in [2.24, 2.45) is 5.73 Å². The van der Waals surface area contributed by atoms with Gasteiger partial charge in [-0.1, -0.05) is 24.3 Å². The lowest BCUT2D eigenvalue weighted by Crippen LogP contribution is -2.47. The molecule has 1 fully saturated rings. The standard InChI is InChI=1S/C16H24N2OS.ClH/c1-12-5-3-4-6-13(12)11-16(8-9-16)18-15(19)14(17)7-10-20-2;/h3-6,14H,7-11,17H2,1-2H3,(H,18,19);1H/t14-;/m0./s1. The first-order chi connectivity index (χ1) is 9.56. The third kappa shape index (κ3) is 5.20. The Balaban J connectivity index is 0.00000220. The summed E-state index contributed by atoms with van der Waals surface area (Å²) in [5.41, 5.74) is 8.51. The molecule has 1 amide bonds. The number of carbonyl (C=O) groups excluding carboxylic acids is 1. The average Bonchev–Trinajstić information content (AvgIpc) is 3.18. The van der Waals surface area contributed by atoms with Crippen LogP contribution in [0.1, 0.15) is 30.4 Å². The van der Waals surface area contributed by atoms with Gasteiger partial charge in [0, 0.05) is 5.54 Å². The van der Waals surface area contributed by atoms with E-state index in [-0.39, 0.29) is 29.9 Å². The van der Waals surface area contributed by atoms with Crippen molar-refractivity contribution in [3.63, 3.8) is 0 Å². The molecule has 1 saturated carbocycles. The summed E-state index contributed by atoms with van der Waals surface area (Å²) < 4.78 is 0. The van der Waals surface area contributed by atoms with Crippen molar-refractivity contribution in [1.82, 2.24) is 5.32 Å². The number of carbonyl (C=O) groups is 1. The highest BCUT2D eigenvalue weighted by molar-refractivity contribution is 7.98. The lowest BCUT2D eigenvalue weighted by atomic mass is 9.99. The topological polar surface area (TPSA) is 55.1 Å². The molecule has 0 unspecified atom stereocenters. The fraction of sp³-hybridized carbons (Fsp3) is 0.562. The predicted molar refractivity (Wildman–Crippen MR) is 93.2 cm³/mol. The second-order valence-corrected chi connectivity index (χ2v) is 6.75. The highest BCUT2D eigenvalue weighted by atomic mass is 35.5. The molecular weight excluding hydrogens is 304 g/mol. The fourth-order valence-corrected chi connectivity index (χ4v) is 2.89. The van der Waals surface area contributed by atoms with Crippen molar-refractivity contribution >= 4 is 30.1 Å². The van der Waals surface area contributed by atoms with Crippen molar-refractivity contribution < 1.29 is 4.79 Å². The zero-order chi connectivity index (χ0) is 14.6. The molecule has 1 aromatic rings. The summed E-state index contributed by atoms with van der Waals surface area (Å²) in [5, 5.41) is 3.18. The van der Waals surface area contributed by atoms with E-state index >= 15 is 0 Å². The van der Waals surface area contributed by atoms with Crippen LogP contribution >= 0.6 is 24.2 Å². The Labute approximate surface area is 137 Å². The number of aryl methyl sites for hydroxylation is 1. The lowest BCUT2D eigenvalue weighted by molar-refractivity contribution is -0.123.